The summed E-state index contributed by atoms with van der Waals surface area (Å²) in [6.45, 7) is 0. The van der Waals surface area contributed by atoms with Crippen molar-refractivity contribution in [2.75, 3.05) is 0 Å². The van der Waals surface area contributed by atoms with Crippen LogP contribution in [0.25, 0.3) is 5.69 Å². The van der Waals surface area contributed by atoms with Gasteiger partial charge in [-0.2, -0.15) is 5.10 Å². The van der Waals surface area contributed by atoms with Crippen molar-refractivity contribution < 1.29 is 14.6 Å². The Balaban J connectivity index is 2.02. The second-order valence-corrected chi connectivity index (χ2v) is 4.90. The third-order valence-corrected chi connectivity index (χ3v) is 3.23. The predicted octanol–water partition coefficient (Wildman–Crippen LogP) is 4.02. The Kier molecular flexibility index (Phi) is 3.80. The lowest BCUT2D eigenvalue weighted by molar-refractivity contribution is 0.0684. The van der Waals surface area contributed by atoms with Crippen LogP contribution in [0.4, 0.5) is 0 Å². The van der Waals surface area contributed by atoms with Crippen molar-refractivity contribution in [1.29, 1.82) is 0 Å². The molecule has 0 atom stereocenters. The van der Waals surface area contributed by atoms with Gasteiger partial charge in [0.15, 0.2) is 11.4 Å². The van der Waals surface area contributed by atoms with E-state index in [1.54, 1.807) is 48.5 Å². The molecule has 3 rings (SSSR count). The normalized spacial score (nSPS) is 10.4. The van der Waals surface area contributed by atoms with Crippen LogP contribution in [0, 0.1) is 0 Å². The Morgan fingerprint density at radius 3 is 2.41 bits per heavy atom. The quantitative estimate of drug-likeness (QED) is 0.790. The lowest BCUT2D eigenvalue weighted by Gasteiger charge is -2.07. The fraction of sp³-hybridized carbons (Fsp3) is 0. The Morgan fingerprint density at radius 2 is 1.77 bits per heavy atom. The minimum Gasteiger partial charge on any atom is -0.476 e. The summed E-state index contributed by atoms with van der Waals surface area (Å²) < 4.78 is 6.91. The summed E-state index contributed by atoms with van der Waals surface area (Å²) >= 11 is 5.84. The first kappa shape index (κ1) is 14.2. The van der Waals surface area contributed by atoms with E-state index < -0.39 is 5.97 Å². The maximum atomic E-state index is 11.6. The van der Waals surface area contributed by atoms with Crippen LogP contribution < -0.4 is 4.74 Å². The van der Waals surface area contributed by atoms with Gasteiger partial charge in [-0.15, -0.1) is 0 Å². The van der Waals surface area contributed by atoms with E-state index in [0.717, 1.165) is 0 Å². The maximum Gasteiger partial charge on any atom is 0.358 e. The molecule has 1 aromatic heterocycles. The molecule has 0 spiro atoms. The van der Waals surface area contributed by atoms with Crippen LogP contribution in [-0.4, -0.2) is 20.9 Å². The van der Waals surface area contributed by atoms with Crippen LogP contribution >= 0.6 is 11.6 Å². The molecule has 3 aromatic rings. The van der Waals surface area contributed by atoms with E-state index in [0.29, 0.717) is 16.5 Å². The van der Waals surface area contributed by atoms with E-state index in [2.05, 4.69) is 5.10 Å². The molecule has 6 heteroatoms. The van der Waals surface area contributed by atoms with E-state index >= 15 is 0 Å². The van der Waals surface area contributed by atoms with Crippen LogP contribution in [-0.2, 0) is 0 Å². The molecule has 0 aliphatic heterocycles. The molecule has 0 fully saturated rings. The summed E-state index contributed by atoms with van der Waals surface area (Å²) in [5.74, 6) is -0.410. The van der Waals surface area contributed by atoms with E-state index in [1.807, 2.05) is 6.07 Å². The van der Waals surface area contributed by atoms with E-state index in [4.69, 9.17) is 16.3 Å². The molecular weight excluding hydrogens is 304 g/mol. The largest absolute Gasteiger partial charge is 0.476 e. The van der Waals surface area contributed by atoms with Gasteiger partial charge in [-0.25, -0.2) is 9.48 Å². The summed E-state index contributed by atoms with van der Waals surface area (Å²) in [5.41, 5.74) is 0.538. The SMILES string of the molecule is O=C(O)c1c(Oc2ccccc2)cnn1-c1ccc(Cl)cc1. The van der Waals surface area contributed by atoms with Gasteiger partial charge in [0, 0.05) is 5.02 Å². The average Bonchev–Trinajstić information content (AvgIpc) is 2.93. The molecule has 0 saturated carbocycles. The van der Waals surface area contributed by atoms with Gasteiger partial charge in [-0.3, -0.25) is 0 Å². The van der Waals surface area contributed by atoms with Crippen molar-refractivity contribution in [1.82, 2.24) is 9.78 Å². The van der Waals surface area contributed by atoms with Gasteiger partial charge in [-0.05, 0) is 36.4 Å². The smallest absolute Gasteiger partial charge is 0.358 e. The second-order valence-electron chi connectivity index (χ2n) is 4.47. The van der Waals surface area contributed by atoms with Crippen LogP contribution in [0.15, 0.2) is 60.8 Å². The van der Waals surface area contributed by atoms with Crippen molar-refractivity contribution in [2.45, 2.75) is 0 Å². The van der Waals surface area contributed by atoms with Gasteiger partial charge >= 0.3 is 5.97 Å². The predicted molar refractivity (Wildman–Crippen MR) is 82.0 cm³/mol. The van der Waals surface area contributed by atoms with E-state index in [-0.39, 0.29) is 11.4 Å². The zero-order valence-corrected chi connectivity index (χ0v) is 12.1. The second kappa shape index (κ2) is 5.91. The molecule has 1 heterocycles. The fourth-order valence-corrected chi connectivity index (χ4v) is 2.12. The van der Waals surface area contributed by atoms with Crippen LogP contribution in [0.1, 0.15) is 10.5 Å². The number of ether oxygens (including phenoxy) is 1. The molecule has 0 aliphatic carbocycles. The molecule has 22 heavy (non-hydrogen) atoms. The number of carbonyl (C=O) groups is 1. The third-order valence-electron chi connectivity index (χ3n) is 2.98. The van der Waals surface area contributed by atoms with Gasteiger partial charge in [0.25, 0.3) is 0 Å². The van der Waals surface area contributed by atoms with Crippen molar-refractivity contribution >= 4 is 17.6 Å². The van der Waals surface area contributed by atoms with Gasteiger partial charge in [0.1, 0.15) is 5.75 Å². The fourth-order valence-electron chi connectivity index (χ4n) is 2.00. The summed E-state index contributed by atoms with van der Waals surface area (Å²) in [4.78, 5) is 11.6. The van der Waals surface area contributed by atoms with Crippen molar-refractivity contribution in [3.8, 4) is 17.2 Å². The molecule has 0 saturated heterocycles. The number of carboxylic acids is 1. The topological polar surface area (TPSA) is 64.3 Å². The molecule has 0 aliphatic rings. The minimum atomic E-state index is -1.13. The highest BCUT2D eigenvalue weighted by Crippen LogP contribution is 2.27. The number of hydrogen-bond acceptors (Lipinski definition) is 3. The van der Waals surface area contributed by atoms with Gasteiger partial charge in [0.05, 0.1) is 11.9 Å². The first-order valence-corrected chi connectivity index (χ1v) is 6.83. The lowest BCUT2D eigenvalue weighted by Crippen LogP contribution is -2.09. The molecule has 0 amide bonds. The third kappa shape index (κ3) is 2.80. The highest BCUT2D eigenvalue weighted by atomic mass is 35.5. The number of benzene rings is 2. The maximum absolute atomic E-state index is 11.6. The first-order chi connectivity index (χ1) is 10.6. The van der Waals surface area contributed by atoms with Gasteiger partial charge in [-0.1, -0.05) is 29.8 Å². The highest BCUT2D eigenvalue weighted by molar-refractivity contribution is 6.30. The van der Waals surface area contributed by atoms with Crippen molar-refractivity contribution in [2.24, 2.45) is 0 Å². The number of hydrogen-bond donors (Lipinski definition) is 1. The molecule has 110 valence electrons. The molecular formula is C16H11ClN2O3. The zero-order valence-electron chi connectivity index (χ0n) is 11.3. The van der Waals surface area contributed by atoms with E-state index in [1.165, 1.54) is 10.9 Å². The Bertz CT molecular complexity index is 798. The molecule has 2 aromatic carbocycles. The molecule has 0 radical (unpaired) electrons. The van der Waals surface area contributed by atoms with Crippen molar-refractivity contribution in [3.05, 3.63) is 71.5 Å². The molecule has 0 bridgehead atoms. The van der Waals surface area contributed by atoms with Gasteiger partial charge < -0.3 is 9.84 Å². The highest BCUT2D eigenvalue weighted by Gasteiger charge is 2.20. The Hall–Kier alpha value is -2.79. The molecule has 5 nitrogen and oxygen atoms in total. The van der Waals surface area contributed by atoms with Crippen molar-refractivity contribution in [3.63, 3.8) is 0 Å². The van der Waals surface area contributed by atoms with Crippen LogP contribution in [0.3, 0.4) is 0 Å². The monoisotopic (exact) mass is 314 g/mol. The van der Waals surface area contributed by atoms with E-state index in [9.17, 15) is 9.90 Å². The Labute approximate surface area is 131 Å². The number of carboxylic acid groups (broad SMARTS) is 1. The standard InChI is InChI=1S/C16H11ClN2O3/c17-11-6-8-12(9-7-11)19-15(16(20)21)14(10-18-19)22-13-4-2-1-3-5-13/h1-10H,(H,20,21). The summed E-state index contributed by atoms with van der Waals surface area (Å²) in [5, 5.41) is 14.1. The number of halogens is 1. The number of nitrogens with zero attached hydrogens (tertiary/aromatic N) is 2. The summed E-state index contributed by atoms with van der Waals surface area (Å²) in [7, 11) is 0. The molecule has 1 N–H and O–H groups in total. The molecule has 0 unspecified atom stereocenters. The zero-order chi connectivity index (χ0) is 15.5. The first-order valence-electron chi connectivity index (χ1n) is 6.45. The van der Waals surface area contributed by atoms with Gasteiger partial charge in [0.2, 0.25) is 0 Å². The number of para-hydroxylation sites is 1. The summed E-state index contributed by atoms with van der Waals surface area (Å²) in [6, 6.07) is 15.7. The number of aromatic carboxylic acids is 1. The lowest BCUT2D eigenvalue weighted by atomic mass is 10.3. The van der Waals surface area contributed by atoms with Crippen LogP contribution in [0.2, 0.25) is 5.02 Å². The minimum absolute atomic E-state index is 0.0498. The van der Waals surface area contributed by atoms with Crippen LogP contribution in [0.5, 0.6) is 11.5 Å². The Morgan fingerprint density at radius 1 is 1.09 bits per heavy atom. The average molecular weight is 315 g/mol. The summed E-state index contributed by atoms with van der Waals surface area (Å²) in [6.07, 6.45) is 1.38. The number of rotatable bonds is 4. The number of aromatic nitrogens is 2.